The number of pyridine rings is 1. The predicted octanol–water partition coefficient (Wildman–Crippen LogP) is 2.51. The summed E-state index contributed by atoms with van der Waals surface area (Å²) in [7, 11) is -3.58. The number of nitrogens with zero attached hydrogens (tertiary/aromatic N) is 1. The lowest BCUT2D eigenvalue weighted by molar-refractivity contribution is 0.213. The summed E-state index contributed by atoms with van der Waals surface area (Å²) in [5, 5.41) is 3.23. The van der Waals surface area contributed by atoms with Crippen molar-refractivity contribution < 1.29 is 8.42 Å². The van der Waals surface area contributed by atoms with Crippen molar-refractivity contribution in [2.75, 3.05) is 11.9 Å². The van der Waals surface area contributed by atoms with Gasteiger partial charge < -0.3 is 5.32 Å². The summed E-state index contributed by atoms with van der Waals surface area (Å²) in [5.74, 6) is 0. The molecule has 1 heterocycles. The van der Waals surface area contributed by atoms with E-state index in [-0.39, 0.29) is 10.6 Å². The minimum atomic E-state index is -3.58. The maximum atomic E-state index is 12.6. The van der Waals surface area contributed by atoms with E-state index in [2.05, 4.69) is 15.0 Å². The van der Waals surface area contributed by atoms with Crippen LogP contribution in [0.1, 0.15) is 46.0 Å². The Morgan fingerprint density at radius 1 is 1.35 bits per heavy atom. The topological polar surface area (TPSA) is 71.1 Å². The zero-order valence-corrected chi connectivity index (χ0v) is 13.0. The molecule has 1 saturated carbocycles. The van der Waals surface area contributed by atoms with Gasteiger partial charge in [0.1, 0.15) is 0 Å². The molecule has 6 heteroatoms. The summed E-state index contributed by atoms with van der Waals surface area (Å²) in [6, 6.07) is 3.51. The Bertz CT molecular complexity index is 548. The van der Waals surface area contributed by atoms with Gasteiger partial charge in [-0.3, -0.25) is 0 Å². The fourth-order valence-electron chi connectivity index (χ4n) is 2.46. The summed E-state index contributed by atoms with van der Waals surface area (Å²) in [6.45, 7) is 4.79. The molecular formula is C14H23N3O2S. The first-order valence-corrected chi connectivity index (χ1v) is 8.74. The van der Waals surface area contributed by atoms with Gasteiger partial charge in [-0.25, -0.2) is 18.1 Å². The van der Waals surface area contributed by atoms with Gasteiger partial charge in [0.25, 0.3) is 10.0 Å². The summed E-state index contributed by atoms with van der Waals surface area (Å²) in [5.41, 5.74) is 0.311. The largest absolute Gasteiger partial charge is 0.383 e. The van der Waals surface area contributed by atoms with Crippen LogP contribution in [-0.4, -0.2) is 25.5 Å². The van der Waals surface area contributed by atoms with E-state index in [0.717, 1.165) is 38.6 Å². The van der Waals surface area contributed by atoms with Gasteiger partial charge >= 0.3 is 0 Å². The number of hydrogen-bond donors (Lipinski definition) is 2. The predicted molar refractivity (Wildman–Crippen MR) is 80.2 cm³/mol. The average molecular weight is 297 g/mol. The molecule has 0 unspecified atom stereocenters. The highest BCUT2D eigenvalue weighted by atomic mass is 32.2. The van der Waals surface area contributed by atoms with E-state index in [1.54, 1.807) is 12.1 Å². The van der Waals surface area contributed by atoms with Gasteiger partial charge in [-0.1, -0.05) is 13.8 Å². The molecule has 2 rings (SSSR count). The third-order valence-electron chi connectivity index (χ3n) is 3.93. The Morgan fingerprint density at radius 2 is 2.10 bits per heavy atom. The molecule has 0 radical (unpaired) electrons. The van der Waals surface area contributed by atoms with Gasteiger partial charge in [-0.2, -0.15) is 0 Å². The van der Waals surface area contributed by atoms with Crippen molar-refractivity contribution in [3.63, 3.8) is 0 Å². The average Bonchev–Trinajstić information content (AvgIpc) is 2.41. The Labute approximate surface area is 121 Å². The van der Waals surface area contributed by atoms with Crippen LogP contribution in [0.25, 0.3) is 0 Å². The van der Waals surface area contributed by atoms with E-state index in [1.165, 1.54) is 6.20 Å². The van der Waals surface area contributed by atoms with Gasteiger partial charge in [0.05, 0.1) is 5.69 Å². The molecular weight excluding hydrogens is 274 g/mol. The SMILES string of the molecule is CCCNc1cccnc1S(=O)(=O)NC1(CC)CCC1. The molecule has 0 atom stereocenters. The van der Waals surface area contributed by atoms with Crippen LogP contribution in [0.5, 0.6) is 0 Å². The Kier molecular flexibility index (Phi) is 4.65. The second kappa shape index (κ2) is 6.10. The zero-order valence-electron chi connectivity index (χ0n) is 12.1. The molecule has 2 N–H and O–H groups in total. The van der Waals surface area contributed by atoms with Crippen LogP contribution in [0.2, 0.25) is 0 Å². The summed E-state index contributed by atoms with van der Waals surface area (Å²) < 4.78 is 28.0. The number of anilines is 1. The van der Waals surface area contributed by atoms with Gasteiger partial charge in [0.15, 0.2) is 5.03 Å². The second-order valence-electron chi connectivity index (χ2n) is 5.38. The van der Waals surface area contributed by atoms with E-state index in [0.29, 0.717) is 5.69 Å². The number of sulfonamides is 1. The second-order valence-corrected chi connectivity index (χ2v) is 6.97. The fraction of sp³-hybridized carbons (Fsp3) is 0.643. The molecule has 0 bridgehead atoms. The molecule has 0 aromatic carbocycles. The first-order chi connectivity index (χ1) is 9.53. The van der Waals surface area contributed by atoms with E-state index in [1.807, 2.05) is 13.8 Å². The monoisotopic (exact) mass is 297 g/mol. The normalized spacial score (nSPS) is 17.5. The highest BCUT2D eigenvalue weighted by Gasteiger charge is 2.40. The van der Waals surface area contributed by atoms with Crippen molar-refractivity contribution in [3.05, 3.63) is 18.3 Å². The fourth-order valence-corrected chi connectivity index (χ4v) is 4.11. The lowest BCUT2D eigenvalue weighted by atomic mass is 9.76. The molecule has 5 nitrogen and oxygen atoms in total. The molecule has 0 amide bonds. The standard InChI is InChI=1S/C14H23N3O2S/c1-3-10-15-12-7-5-11-16-13(12)20(18,19)17-14(4-2)8-6-9-14/h5,7,11,15,17H,3-4,6,8-10H2,1-2H3. The van der Waals surface area contributed by atoms with Crippen LogP contribution in [-0.2, 0) is 10.0 Å². The summed E-state index contributed by atoms with van der Waals surface area (Å²) in [6.07, 6.45) is 6.17. The smallest absolute Gasteiger partial charge is 0.260 e. The van der Waals surface area contributed by atoms with Crippen LogP contribution in [0.3, 0.4) is 0 Å². The lowest BCUT2D eigenvalue weighted by Gasteiger charge is -2.41. The molecule has 1 aliphatic rings. The minimum Gasteiger partial charge on any atom is -0.383 e. The maximum Gasteiger partial charge on any atom is 0.260 e. The van der Waals surface area contributed by atoms with E-state index in [9.17, 15) is 8.42 Å². The first kappa shape index (κ1) is 15.3. The molecule has 1 fully saturated rings. The maximum absolute atomic E-state index is 12.6. The van der Waals surface area contributed by atoms with Crippen LogP contribution in [0.4, 0.5) is 5.69 Å². The molecule has 1 aromatic rings. The molecule has 1 aromatic heterocycles. The van der Waals surface area contributed by atoms with Gasteiger partial charge in [-0.15, -0.1) is 0 Å². The Morgan fingerprint density at radius 3 is 2.65 bits per heavy atom. The minimum absolute atomic E-state index is 0.105. The third kappa shape index (κ3) is 3.12. The third-order valence-corrected chi connectivity index (χ3v) is 5.47. The van der Waals surface area contributed by atoms with Crippen molar-refractivity contribution in [2.45, 2.75) is 56.5 Å². The Hall–Kier alpha value is -1.14. The van der Waals surface area contributed by atoms with Crippen LogP contribution < -0.4 is 10.0 Å². The Balaban J connectivity index is 2.25. The highest BCUT2D eigenvalue weighted by molar-refractivity contribution is 7.89. The first-order valence-electron chi connectivity index (χ1n) is 7.26. The van der Waals surface area contributed by atoms with Crippen LogP contribution in [0, 0.1) is 0 Å². The van der Waals surface area contributed by atoms with E-state index in [4.69, 9.17) is 0 Å². The van der Waals surface area contributed by atoms with Crippen molar-refractivity contribution in [1.82, 2.24) is 9.71 Å². The van der Waals surface area contributed by atoms with E-state index >= 15 is 0 Å². The molecule has 1 aliphatic carbocycles. The van der Waals surface area contributed by atoms with Crippen molar-refractivity contribution in [2.24, 2.45) is 0 Å². The van der Waals surface area contributed by atoms with Crippen molar-refractivity contribution in [3.8, 4) is 0 Å². The molecule has 0 spiro atoms. The van der Waals surface area contributed by atoms with Gasteiger partial charge in [0.2, 0.25) is 0 Å². The zero-order chi connectivity index (χ0) is 14.6. The quantitative estimate of drug-likeness (QED) is 0.811. The van der Waals surface area contributed by atoms with Crippen molar-refractivity contribution in [1.29, 1.82) is 0 Å². The number of aromatic nitrogens is 1. The highest BCUT2D eigenvalue weighted by Crippen LogP contribution is 2.36. The summed E-state index contributed by atoms with van der Waals surface area (Å²) >= 11 is 0. The molecule has 20 heavy (non-hydrogen) atoms. The lowest BCUT2D eigenvalue weighted by Crippen LogP contribution is -2.53. The van der Waals surface area contributed by atoms with Crippen molar-refractivity contribution >= 4 is 15.7 Å². The van der Waals surface area contributed by atoms with E-state index < -0.39 is 10.0 Å². The molecule has 112 valence electrons. The van der Waals surface area contributed by atoms with Crippen LogP contribution >= 0.6 is 0 Å². The van der Waals surface area contributed by atoms with Gasteiger partial charge in [0, 0.05) is 18.3 Å². The number of rotatable bonds is 7. The molecule has 0 aliphatic heterocycles. The number of nitrogens with one attached hydrogen (secondary N) is 2. The number of hydrogen-bond acceptors (Lipinski definition) is 4. The van der Waals surface area contributed by atoms with Crippen LogP contribution in [0.15, 0.2) is 23.4 Å². The van der Waals surface area contributed by atoms with Gasteiger partial charge in [-0.05, 0) is 44.2 Å². The summed E-state index contributed by atoms with van der Waals surface area (Å²) in [4.78, 5) is 4.07. The molecule has 0 saturated heterocycles.